The van der Waals surface area contributed by atoms with E-state index >= 15 is 0 Å². The minimum atomic E-state index is -0.994. The highest BCUT2D eigenvalue weighted by Crippen LogP contribution is 2.38. The highest BCUT2D eigenvalue weighted by atomic mass is 19.1. The maximum Gasteiger partial charge on any atom is 0.274 e. The molecule has 1 aliphatic carbocycles. The fraction of sp³-hybridized carbons (Fsp3) is 0.370. The summed E-state index contributed by atoms with van der Waals surface area (Å²) in [6.45, 7) is 4.30. The van der Waals surface area contributed by atoms with Crippen molar-refractivity contribution in [3.63, 3.8) is 0 Å². The van der Waals surface area contributed by atoms with Crippen LogP contribution >= 0.6 is 0 Å². The number of carbonyl (C=O) groups excluding carboxylic acids is 1. The van der Waals surface area contributed by atoms with Gasteiger partial charge in [0.05, 0.1) is 24.1 Å². The number of ether oxygens (including phenoxy) is 1. The third kappa shape index (κ3) is 5.74. The van der Waals surface area contributed by atoms with E-state index in [0.717, 1.165) is 43.0 Å². The summed E-state index contributed by atoms with van der Waals surface area (Å²) in [5.41, 5.74) is 6.48. The van der Waals surface area contributed by atoms with Crippen LogP contribution in [-0.4, -0.2) is 28.5 Å². The summed E-state index contributed by atoms with van der Waals surface area (Å²) in [5.74, 6) is -2.99. The summed E-state index contributed by atoms with van der Waals surface area (Å²) in [7, 11) is 0. The molecular formula is C27H29F3N4O2. The highest BCUT2D eigenvalue weighted by molar-refractivity contribution is 6.03. The van der Waals surface area contributed by atoms with E-state index in [9.17, 15) is 18.0 Å². The molecular weight excluding hydrogens is 469 g/mol. The summed E-state index contributed by atoms with van der Waals surface area (Å²) in [6, 6.07) is 6.20. The van der Waals surface area contributed by atoms with Gasteiger partial charge >= 0.3 is 0 Å². The van der Waals surface area contributed by atoms with Crippen molar-refractivity contribution in [2.24, 2.45) is 11.7 Å². The molecule has 1 saturated carbocycles. The SMILES string of the molecule is CCOCc1cc(F)c(-c2nc(C(=O)Nc3cnccc3[C@@H]3C[C@H](C)C[C@H](N)C3)ccc2F)c(F)c1. The minimum Gasteiger partial charge on any atom is -0.377 e. The Bertz CT molecular complexity index is 1220. The van der Waals surface area contributed by atoms with E-state index in [1.54, 1.807) is 19.3 Å². The van der Waals surface area contributed by atoms with Crippen LogP contribution in [0.1, 0.15) is 60.6 Å². The average Bonchev–Trinajstić information content (AvgIpc) is 2.83. The second-order valence-electron chi connectivity index (χ2n) is 9.28. The Morgan fingerprint density at radius 3 is 2.56 bits per heavy atom. The molecule has 0 spiro atoms. The summed E-state index contributed by atoms with van der Waals surface area (Å²) in [5, 5.41) is 2.78. The first-order valence-corrected chi connectivity index (χ1v) is 12.0. The van der Waals surface area contributed by atoms with E-state index < -0.39 is 34.6 Å². The summed E-state index contributed by atoms with van der Waals surface area (Å²) in [6.07, 6.45) is 5.86. The van der Waals surface area contributed by atoms with Gasteiger partial charge in [0.15, 0.2) is 0 Å². The lowest BCUT2D eigenvalue weighted by atomic mass is 9.76. The molecule has 0 unspecified atom stereocenters. The van der Waals surface area contributed by atoms with Crippen LogP contribution in [0, 0.1) is 23.4 Å². The molecule has 1 fully saturated rings. The number of hydrogen-bond acceptors (Lipinski definition) is 5. The number of pyridine rings is 2. The third-order valence-electron chi connectivity index (χ3n) is 6.41. The van der Waals surface area contributed by atoms with Crippen LogP contribution < -0.4 is 11.1 Å². The number of rotatable bonds is 7. The molecule has 4 rings (SSSR count). The van der Waals surface area contributed by atoms with E-state index in [2.05, 4.69) is 22.2 Å². The molecule has 9 heteroatoms. The van der Waals surface area contributed by atoms with Gasteiger partial charge in [-0.2, -0.15) is 0 Å². The quantitative estimate of drug-likeness (QED) is 0.444. The first-order valence-electron chi connectivity index (χ1n) is 12.0. The number of anilines is 1. The van der Waals surface area contributed by atoms with Gasteiger partial charge < -0.3 is 15.8 Å². The number of carbonyl (C=O) groups is 1. The maximum absolute atomic E-state index is 14.8. The van der Waals surface area contributed by atoms with Crippen molar-refractivity contribution in [3.05, 3.63) is 77.0 Å². The molecule has 2 aromatic heterocycles. The predicted octanol–water partition coefficient (Wildman–Crippen LogP) is 5.58. The largest absolute Gasteiger partial charge is 0.377 e. The smallest absolute Gasteiger partial charge is 0.274 e. The number of amides is 1. The van der Waals surface area contributed by atoms with E-state index in [-0.39, 0.29) is 29.8 Å². The number of benzene rings is 1. The normalized spacial score (nSPS) is 19.8. The molecule has 2 heterocycles. The third-order valence-corrected chi connectivity index (χ3v) is 6.41. The zero-order valence-electron chi connectivity index (χ0n) is 20.2. The summed E-state index contributed by atoms with van der Waals surface area (Å²) in [4.78, 5) is 21.2. The highest BCUT2D eigenvalue weighted by Gasteiger charge is 2.28. The fourth-order valence-electron chi connectivity index (χ4n) is 4.86. The predicted molar refractivity (Wildman–Crippen MR) is 131 cm³/mol. The fourth-order valence-corrected chi connectivity index (χ4v) is 4.86. The van der Waals surface area contributed by atoms with Gasteiger partial charge in [0.2, 0.25) is 0 Å². The standard InChI is InChI=1S/C27H29F3N4O2/c1-3-36-14-16-10-21(29)25(22(30)11-16)26-20(28)4-5-23(33-26)27(35)34-24-13-32-7-6-19(24)17-8-15(2)9-18(31)12-17/h4-7,10-11,13,15,17-18H,3,8-9,12,14,31H2,1-2H3,(H,34,35)/t15-,17+,18-/m0/s1. The average molecular weight is 499 g/mol. The Morgan fingerprint density at radius 2 is 1.86 bits per heavy atom. The Hall–Kier alpha value is -3.30. The molecule has 1 aliphatic rings. The number of halogens is 3. The van der Waals surface area contributed by atoms with Gasteiger partial charge in [0.1, 0.15) is 28.8 Å². The maximum atomic E-state index is 14.8. The van der Waals surface area contributed by atoms with Crippen molar-refractivity contribution in [1.29, 1.82) is 0 Å². The molecule has 0 bridgehead atoms. The molecule has 36 heavy (non-hydrogen) atoms. The van der Waals surface area contributed by atoms with Gasteiger partial charge in [-0.3, -0.25) is 9.78 Å². The molecule has 3 aromatic rings. The van der Waals surface area contributed by atoms with Crippen LogP contribution in [0.25, 0.3) is 11.3 Å². The van der Waals surface area contributed by atoms with Crippen molar-refractivity contribution in [2.45, 2.75) is 51.7 Å². The van der Waals surface area contributed by atoms with Gasteiger partial charge in [-0.25, -0.2) is 18.2 Å². The second-order valence-corrected chi connectivity index (χ2v) is 9.28. The first kappa shape index (κ1) is 25.8. The Morgan fingerprint density at radius 1 is 1.11 bits per heavy atom. The molecule has 1 amide bonds. The van der Waals surface area contributed by atoms with Crippen LogP contribution in [0.4, 0.5) is 18.9 Å². The number of hydrogen-bond donors (Lipinski definition) is 2. The van der Waals surface area contributed by atoms with Crippen molar-refractivity contribution < 1.29 is 22.7 Å². The van der Waals surface area contributed by atoms with Gasteiger partial charge in [0.25, 0.3) is 5.91 Å². The molecule has 3 N–H and O–H groups in total. The van der Waals surface area contributed by atoms with E-state index in [0.29, 0.717) is 18.2 Å². The molecule has 190 valence electrons. The molecule has 1 aromatic carbocycles. The number of aromatic nitrogens is 2. The summed E-state index contributed by atoms with van der Waals surface area (Å²) >= 11 is 0. The Balaban J connectivity index is 1.62. The van der Waals surface area contributed by atoms with Gasteiger partial charge in [-0.05, 0) is 79.5 Å². The van der Waals surface area contributed by atoms with E-state index in [1.807, 2.05) is 6.07 Å². The van der Waals surface area contributed by atoms with Gasteiger partial charge in [-0.1, -0.05) is 6.92 Å². The lowest BCUT2D eigenvalue weighted by Crippen LogP contribution is -2.31. The number of nitrogens with zero attached hydrogens (tertiary/aromatic N) is 2. The Labute approximate surface area is 208 Å². The molecule has 0 aliphatic heterocycles. The summed E-state index contributed by atoms with van der Waals surface area (Å²) < 4.78 is 49.4. The van der Waals surface area contributed by atoms with Crippen LogP contribution in [0.3, 0.4) is 0 Å². The monoisotopic (exact) mass is 498 g/mol. The van der Waals surface area contributed by atoms with Crippen LogP contribution in [0.2, 0.25) is 0 Å². The first-order chi connectivity index (χ1) is 17.3. The van der Waals surface area contributed by atoms with Crippen LogP contribution in [0.5, 0.6) is 0 Å². The van der Waals surface area contributed by atoms with Crippen molar-refractivity contribution in [2.75, 3.05) is 11.9 Å². The van der Waals surface area contributed by atoms with E-state index in [1.165, 1.54) is 6.07 Å². The molecule has 6 nitrogen and oxygen atoms in total. The second kappa shape index (κ2) is 11.2. The molecule has 0 saturated heterocycles. The Kier molecular flexibility index (Phi) is 8.01. The molecule has 3 atom stereocenters. The zero-order valence-corrected chi connectivity index (χ0v) is 20.2. The topological polar surface area (TPSA) is 90.1 Å². The molecule has 0 radical (unpaired) electrons. The van der Waals surface area contributed by atoms with Gasteiger partial charge in [-0.15, -0.1) is 0 Å². The number of nitrogens with one attached hydrogen (secondary N) is 1. The van der Waals surface area contributed by atoms with Crippen LogP contribution in [-0.2, 0) is 11.3 Å². The van der Waals surface area contributed by atoms with Crippen molar-refractivity contribution >= 4 is 11.6 Å². The van der Waals surface area contributed by atoms with Gasteiger partial charge in [0, 0.05) is 18.8 Å². The lowest BCUT2D eigenvalue weighted by molar-refractivity contribution is 0.102. The van der Waals surface area contributed by atoms with E-state index in [4.69, 9.17) is 10.5 Å². The zero-order chi connectivity index (χ0) is 25.8. The minimum absolute atomic E-state index is 0.0150. The van der Waals surface area contributed by atoms with Crippen molar-refractivity contribution in [1.82, 2.24) is 9.97 Å². The van der Waals surface area contributed by atoms with Crippen LogP contribution in [0.15, 0.2) is 42.7 Å². The lowest BCUT2D eigenvalue weighted by Gasteiger charge is -2.32. The number of nitrogens with two attached hydrogens (primary N) is 1. The van der Waals surface area contributed by atoms with Crippen molar-refractivity contribution in [3.8, 4) is 11.3 Å².